The van der Waals surface area contributed by atoms with Crippen molar-refractivity contribution >= 4 is 30.9 Å². The molecule has 28 heavy (non-hydrogen) atoms. The van der Waals surface area contributed by atoms with E-state index in [2.05, 4.69) is 25.7 Å². The first-order valence-corrected chi connectivity index (χ1v) is 10.2. The van der Waals surface area contributed by atoms with Crippen molar-refractivity contribution in [3.05, 3.63) is 0 Å². The minimum atomic E-state index is -0.484. The van der Waals surface area contributed by atoms with Crippen LogP contribution in [0.25, 0.3) is 0 Å². The van der Waals surface area contributed by atoms with E-state index in [-0.39, 0.29) is 47.8 Å². The van der Waals surface area contributed by atoms with Crippen molar-refractivity contribution in [3.8, 4) is 0 Å². The highest BCUT2D eigenvalue weighted by molar-refractivity contribution is 5.85. The van der Waals surface area contributed by atoms with Crippen molar-refractivity contribution in [2.24, 2.45) is 16.7 Å². The average Bonchev–Trinajstić information content (AvgIpc) is 3.06. The van der Waals surface area contributed by atoms with E-state index < -0.39 is 6.10 Å². The largest absolute Gasteiger partial charge is 0.450 e. The van der Waals surface area contributed by atoms with E-state index in [1.165, 1.54) is 19.3 Å². The lowest BCUT2D eigenvalue weighted by Crippen LogP contribution is -2.51. The molecule has 2 bridgehead atoms. The van der Waals surface area contributed by atoms with Crippen LogP contribution in [0.1, 0.15) is 47.0 Å². The summed E-state index contributed by atoms with van der Waals surface area (Å²) in [6.45, 7) is 13.1. The van der Waals surface area contributed by atoms with Gasteiger partial charge in [-0.2, -0.15) is 0 Å². The van der Waals surface area contributed by atoms with Gasteiger partial charge >= 0.3 is 6.09 Å². The number of fused-ring (bicyclic) bond motifs is 2. The number of β-amino-alcohol motifs (C(OH)–C–C–N with tert-alkyl or cyclic N) is 1. The molecule has 2 aliphatic carbocycles. The van der Waals surface area contributed by atoms with Gasteiger partial charge in [-0.1, -0.05) is 20.8 Å². The Morgan fingerprint density at radius 1 is 1.18 bits per heavy atom. The lowest BCUT2D eigenvalue weighted by Gasteiger charge is -2.43. The van der Waals surface area contributed by atoms with E-state index in [9.17, 15) is 9.90 Å². The smallest absolute Gasteiger partial charge is 0.409 e. The van der Waals surface area contributed by atoms with Crippen LogP contribution in [0.2, 0.25) is 0 Å². The van der Waals surface area contributed by atoms with Gasteiger partial charge in [0.25, 0.3) is 0 Å². The molecule has 1 aliphatic heterocycles. The summed E-state index contributed by atoms with van der Waals surface area (Å²) in [4.78, 5) is 15.7. The molecule has 0 aromatic carbocycles. The molecule has 1 heterocycles. The molecule has 2 saturated carbocycles. The van der Waals surface area contributed by atoms with E-state index >= 15 is 0 Å². The van der Waals surface area contributed by atoms with Crippen molar-refractivity contribution < 1.29 is 19.4 Å². The molecule has 8 heteroatoms. The molecule has 1 amide bonds. The van der Waals surface area contributed by atoms with Gasteiger partial charge in [0.15, 0.2) is 0 Å². The highest BCUT2D eigenvalue weighted by atomic mass is 35.5. The number of carbonyl (C=O) groups is 1. The van der Waals surface area contributed by atoms with Crippen LogP contribution in [0.4, 0.5) is 4.79 Å². The molecule has 0 spiro atoms. The second-order valence-corrected chi connectivity index (χ2v) is 9.27. The summed E-state index contributed by atoms with van der Waals surface area (Å²) >= 11 is 0. The lowest BCUT2D eigenvalue weighted by molar-refractivity contribution is -0.114. The third-order valence-corrected chi connectivity index (χ3v) is 6.96. The minimum absolute atomic E-state index is 0. The van der Waals surface area contributed by atoms with Crippen LogP contribution in [0.3, 0.4) is 0 Å². The summed E-state index contributed by atoms with van der Waals surface area (Å²) in [7, 11) is 0. The fraction of sp³-hybridized carbons (Fsp3) is 0.950. The maximum absolute atomic E-state index is 11.7. The molecule has 6 nitrogen and oxygen atoms in total. The molecule has 4 unspecified atom stereocenters. The number of rotatable bonds is 6. The maximum Gasteiger partial charge on any atom is 0.409 e. The average molecular weight is 441 g/mol. The zero-order chi connectivity index (χ0) is 18.9. The zero-order valence-corrected chi connectivity index (χ0v) is 19.3. The molecular formula is C20H38Cl2N2O4. The Hall–Kier alpha value is -0.270. The molecule has 166 valence electrons. The van der Waals surface area contributed by atoms with Crippen LogP contribution in [-0.2, 0) is 9.47 Å². The normalized spacial score (nSPS) is 32.4. The molecule has 1 N–H and O–H groups in total. The summed E-state index contributed by atoms with van der Waals surface area (Å²) in [5.41, 5.74) is 0.483. The molecular weight excluding hydrogens is 403 g/mol. The van der Waals surface area contributed by atoms with Gasteiger partial charge < -0.3 is 19.5 Å². The van der Waals surface area contributed by atoms with E-state index in [1.807, 2.05) is 6.92 Å². The van der Waals surface area contributed by atoms with Crippen molar-refractivity contribution in [3.63, 3.8) is 0 Å². The molecule has 4 atom stereocenters. The SMILES string of the molecule is CCOC(=O)N1CCN(CC(O)COC2C3(C)CCC(C3)C2(C)C)CC1.Cl.Cl. The third kappa shape index (κ3) is 5.25. The topological polar surface area (TPSA) is 62.2 Å². The summed E-state index contributed by atoms with van der Waals surface area (Å²) in [5, 5.41) is 10.5. The van der Waals surface area contributed by atoms with Crippen LogP contribution in [0.15, 0.2) is 0 Å². The number of amides is 1. The van der Waals surface area contributed by atoms with Gasteiger partial charge in [0.1, 0.15) is 0 Å². The molecule has 3 aliphatic rings. The summed E-state index contributed by atoms with van der Waals surface area (Å²) in [6.07, 6.45) is 3.35. The highest BCUT2D eigenvalue weighted by Gasteiger charge is 2.60. The minimum Gasteiger partial charge on any atom is -0.450 e. The van der Waals surface area contributed by atoms with Crippen LogP contribution in [-0.4, -0.2) is 79.1 Å². The fourth-order valence-electron chi connectivity index (χ4n) is 5.56. The first-order valence-electron chi connectivity index (χ1n) is 10.2. The quantitative estimate of drug-likeness (QED) is 0.686. The van der Waals surface area contributed by atoms with Gasteiger partial charge in [0, 0.05) is 32.7 Å². The number of piperazine rings is 1. The molecule has 0 aromatic rings. The lowest BCUT2D eigenvalue weighted by atomic mass is 9.70. The molecule has 1 saturated heterocycles. The first kappa shape index (κ1) is 25.8. The molecule has 3 rings (SSSR count). The Morgan fingerprint density at radius 2 is 1.82 bits per heavy atom. The Balaban J connectivity index is 0.00000196. The van der Waals surface area contributed by atoms with Crippen LogP contribution in [0, 0.1) is 16.7 Å². The van der Waals surface area contributed by atoms with Gasteiger partial charge in [-0.05, 0) is 42.9 Å². The Morgan fingerprint density at radius 3 is 2.36 bits per heavy atom. The highest BCUT2D eigenvalue weighted by Crippen LogP contribution is 2.63. The number of hydrogen-bond acceptors (Lipinski definition) is 5. The summed E-state index contributed by atoms with van der Waals surface area (Å²) < 4.78 is 11.3. The van der Waals surface area contributed by atoms with Crippen molar-refractivity contribution in [2.45, 2.75) is 59.2 Å². The van der Waals surface area contributed by atoms with Gasteiger partial charge in [-0.3, -0.25) is 4.90 Å². The fourth-order valence-corrected chi connectivity index (χ4v) is 5.56. The Kier molecular flexibility index (Phi) is 9.35. The maximum atomic E-state index is 11.7. The predicted octanol–water partition coefficient (Wildman–Crippen LogP) is 3.20. The van der Waals surface area contributed by atoms with E-state index in [0.717, 1.165) is 19.0 Å². The third-order valence-electron chi connectivity index (χ3n) is 6.96. The summed E-state index contributed by atoms with van der Waals surface area (Å²) in [5.74, 6) is 0.755. The van der Waals surface area contributed by atoms with Crippen molar-refractivity contribution in [1.82, 2.24) is 9.80 Å². The van der Waals surface area contributed by atoms with E-state index in [1.54, 1.807) is 4.90 Å². The standard InChI is InChI=1S/C20H36N2O4.2ClH/c1-5-25-18(24)22-10-8-21(9-11-22)13-16(23)14-26-17-19(2,3)15-6-7-20(17,4)12-15;;/h15-17,23H,5-14H2,1-4H3;2*1H. The number of hydrogen-bond donors (Lipinski definition) is 1. The molecule has 3 fully saturated rings. The number of ether oxygens (including phenoxy) is 2. The second-order valence-electron chi connectivity index (χ2n) is 9.27. The zero-order valence-electron chi connectivity index (χ0n) is 17.7. The van der Waals surface area contributed by atoms with Crippen molar-refractivity contribution in [1.29, 1.82) is 0 Å². The number of nitrogens with zero attached hydrogens (tertiary/aromatic N) is 2. The van der Waals surface area contributed by atoms with Gasteiger partial charge in [0.2, 0.25) is 0 Å². The number of carbonyl (C=O) groups excluding carboxylic acids is 1. The monoisotopic (exact) mass is 440 g/mol. The summed E-state index contributed by atoms with van der Waals surface area (Å²) in [6, 6.07) is 0. The first-order chi connectivity index (χ1) is 12.3. The molecule has 0 radical (unpaired) electrons. The van der Waals surface area contributed by atoms with Crippen LogP contribution >= 0.6 is 24.8 Å². The Bertz CT molecular complexity index is 510. The second kappa shape index (κ2) is 10.2. The van der Waals surface area contributed by atoms with E-state index in [4.69, 9.17) is 9.47 Å². The van der Waals surface area contributed by atoms with Gasteiger partial charge in [0.05, 0.1) is 25.4 Å². The number of halogens is 2. The van der Waals surface area contributed by atoms with E-state index in [0.29, 0.717) is 32.8 Å². The van der Waals surface area contributed by atoms with Gasteiger partial charge in [-0.25, -0.2) is 4.79 Å². The number of aliphatic hydroxyl groups excluding tert-OH is 1. The van der Waals surface area contributed by atoms with Gasteiger partial charge in [-0.15, -0.1) is 24.8 Å². The van der Waals surface area contributed by atoms with Crippen LogP contribution < -0.4 is 0 Å². The molecule has 0 aromatic heterocycles. The van der Waals surface area contributed by atoms with Crippen LogP contribution in [0.5, 0.6) is 0 Å². The van der Waals surface area contributed by atoms with Crippen molar-refractivity contribution in [2.75, 3.05) is 45.9 Å². The Labute approximate surface area is 182 Å². The predicted molar refractivity (Wildman–Crippen MR) is 115 cm³/mol. The number of aliphatic hydroxyl groups is 1.